The van der Waals surface area contributed by atoms with Crippen LogP contribution >= 0.6 is 0 Å². The fraction of sp³-hybridized carbons (Fsp3) is 0.133. The highest BCUT2D eigenvalue weighted by molar-refractivity contribution is 5.85. The minimum absolute atomic E-state index is 0.235. The molecule has 0 aliphatic heterocycles. The van der Waals surface area contributed by atoms with Crippen molar-refractivity contribution < 1.29 is 31.5 Å². The third kappa shape index (κ3) is 3.58. The van der Waals surface area contributed by atoms with E-state index in [9.17, 15) is 26.7 Å². The predicted octanol–water partition coefficient (Wildman–Crippen LogP) is 4.44. The highest BCUT2D eigenvalue weighted by Gasteiger charge is 2.27. The first-order chi connectivity index (χ1) is 10.8. The number of halogens is 5. The zero-order valence-electron chi connectivity index (χ0n) is 11.7. The highest BCUT2D eigenvalue weighted by Crippen LogP contribution is 2.27. The van der Waals surface area contributed by atoms with Gasteiger partial charge in [-0.2, -0.15) is 0 Å². The van der Waals surface area contributed by atoms with Gasteiger partial charge in [-0.05, 0) is 12.5 Å². The first-order valence-electron chi connectivity index (χ1n) is 6.32. The van der Waals surface area contributed by atoms with E-state index in [1.54, 1.807) is 24.3 Å². The fourth-order valence-corrected chi connectivity index (χ4v) is 1.69. The number of benzene rings is 2. The van der Waals surface area contributed by atoms with E-state index in [0.717, 1.165) is 5.56 Å². The summed E-state index contributed by atoms with van der Waals surface area (Å²) in [5.74, 6) is -10.9. The van der Waals surface area contributed by atoms with Crippen molar-refractivity contribution in [1.82, 2.24) is 0 Å². The molecule has 0 radical (unpaired) electrons. The summed E-state index contributed by atoms with van der Waals surface area (Å²) < 4.78 is 70.3. The van der Waals surface area contributed by atoms with E-state index in [1.807, 2.05) is 6.92 Å². The molecule has 0 fully saturated rings. The van der Waals surface area contributed by atoms with E-state index >= 15 is 0 Å². The van der Waals surface area contributed by atoms with Crippen molar-refractivity contribution in [2.75, 3.05) is 5.32 Å². The third-order valence-corrected chi connectivity index (χ3v) is 2.93. The van der Waals surface area contributed by atoms with Crippen LogP contribution in [0, 0.1) is 36.0 Å². The van der Waals surface area contributed by atoms with Gasteiger partial charge in [-0.3, -0.25) is 5.32 Å². The number of amides is 1. The van der Waals surface area contributed by atoms with Crippen LogP contribution in [0.5, 0.6) is 0 Å². The first-order valence-corrected chi connectivity index (χ1v) is 6.32. The second kappa shape index (κ2) is 6.64. The minimum atomic E-state index is -2.31. The Bertz CT molecular complexity index is 718. The Morgan fingerprint density at radius 1 is 0.913 bits per heavy atom. The van der Waals surface area contributed by atoms with Crippen LogP contribution in [0.3, 0.4) is 0 Å². The number of carbonyl (C=O) groups is 1. The van der Waals surface area contributed by atoms with Gasteiger partial charge in [0.1, 0.15) is 12.3 Å². The molecule has 3 nitrogen and oxygen atoms in total. The molecule has 0 saturated heterocycles. The van der Waals surface area contributed by atoms with E-state index in [2.05, 4.69) is 4.74 Å². The Morgan fingerprint density at radius 3 is 1.91 bits per heavy atom. The standard InChI is InChI=1S/C15H10F5NO2/c1-7-2-4-8(5-3-7)6-23-15(22)21-14-12(19)10(17)9(16)11(18)13(14)20/h2-5H,6H2,1H3,(H,21,22). The van der Waals surface area contributed by atoms with Crippen molar-refractivity contribution in [2.24, 2.45) is 0 Å². The molecule has 2 rings (SSSR count). The van der Waals surface area contributed by atoms with Crippen molar-refractivity contribution in [3.05, 3.63) is 64.5 Å². The summed E-state index contributed by atoms with van der Waals surface area (Å²) >= 11 is 0. The number of hydrogen-bond donors (Lipinski definition) is 1. The van der Waals surface area contributed by atoms with Crippen molar-refractivity contribution >= 4 is 11.8 Å². The van der Waals surface area contributed by atoms with Crippen LogP contribution in [0.15, 0.2) is 24.3 Å². The lowest BCUT2D eigenvalue weighted by atomic mass is 10.2. The smallest absolute Gasteiger partial charge is 0.412 e. The molecule has 0 atom stereocenters. The van der Waals surface area contributed by atoms with E-state index in [-0.39, 0.29) is 6.61 Å². The van der Waals surface area contributed by atoms with Crippen LogP contribution in [0.4, 0.5) is 32.4 Å². The number of hydrogen-bond acceptors (Lipinski definition) is 2. The third-order valence-electron chi connectivity index (χ3n) is 2.93. The normalized spacial score (nSPS) is 10.5. The summed E-state index contributed by atoms with van der Waals surface area (Å²) in [7, 11) is 0. The highest BCUT2D eigenvalue weighted by atomic mass is 19.2. The van der Waals surface area contributed by atoms with Gasteiger partial charge in [-0.15, -0.1) is 0 Å². The zero-order chi connectivity index (χ0) is 17.1. The summed E-state index contributed by atoms with van der Waals surface area (Å²) in [6.45, 7) is 1.61. The SMILES string of the molecule is Cc1ccc(COC(=O)Nc2c(F)c(F)c(F)c(F)c2F)cc1. The summed E-state index contributed by atoms with van der Waals surface area (Å²) in [5, 5.41) is 1.51. The molecule has 2 aromatic carbocycles. The summed E-state index contributed by atoms with van der Waals surface area (Å²) in [5.41, 5.74) is 0.0954. The van der Waals surface area contributed by atoms with Gasteiger partial charge >= 0.3 is 6.09 Å². The molecular formula is C15H10F5NO2. The van der Waals surface area contributed by atoms with Crippen LogP contribution in [0.2, 0.25) is 0 Å². The monoisotopic (exact) mass is 331 g/mol. The van der Waals surface area contributed by atoms with Gasteiger partial charge < -0.3 is 4.74 Å². The number of ether oxygens (including phenoxy) is 1. The molecule has 0 heterocycles. The largest absolute Gasteiger partial charge is 0.444 e. The van der Waals surface area contributed by atoms with Gasteiger partial charge in [0.15, 0.2) is 23.3 Å². The van der Waals surface area contributed by atoms with Crippen molar-refractivity contribution in [3.8, 4) is 0 Å². The number of nitrogens with one attached hydrogen (secondary N) is 1. The molecule has 0 spiro atoms. The number of aryl methyl sites for hydroxylation is 1. The molecule has 0 unspecified atom stereocenters. The molecule has 122 valence electrons. The van der Waals surface area contributed by atoms with Gasteiger partial charge in [0.2, 0.25) is 5.82 Å². The van der Waals surface area contributed by atoms with E-state index in [1.165, 1.54) is 5.32 Å². The molecular weight excluding hydrogens is 321 g/mol. The lowest BCUT2D eigenvalue weighted by Crippen LogP contribution is -2.17. The molecule has 0 saturated carbocycles. The molecule has 0 aliphatic rings. The van der Waals surface area contributed by atoms with Crippen molar-refractivity contribution in [2.45, 2.75) is 13.5 Å². The van der Waals surface area contributed by atoms with Gasteiger partial charge in [0.05, 0.1) is 0 Å². The average molecular weight is 331 g/mol. The second-order valence-electron chi connectivity index (χ2n) is 4.63. The Kier molecular flexibility index (Phi) is 4.83. The Labute approximate surface area is 127 Å². The van der Waals surface area contributed by atoms with Gasteiger partial charge in [0, 0.05) is 0 Å². The minimum Gasteiger partial charge on any atom is -0.444 e. The van der Waals surface area contributed by atoms with E-state index in [4.69, 9.17) is 0 Å². The molecule has 0 bridgehead atoms. The van der Waals surface area contributed by atoms with Gasteiger partial charge in [-0.1, -0.05) is 29.8 Å². The second-order valence-corrected chi connectivity index (χ2v) is 4.63. The maximum atomic E-state index is 13.4. The van der Waals surface area contributed by atoms with Crippen LogP contribution in [-0.4, -0.2) is 6.09 Å². The molecule has 23 heavy (non-hydrogen) atoms. The summed E-state index contributed by atoms with van der Waals surface area (Å²) in [6.07, 6.45) is -1.35. The van der Waals surface area contributed by atoms with Gasteiger partial charge in [0.25, 0.3) is 0 Å². The van der Waals surface area contributed by atoms with Gasteiger partial charge in [-0.25, -0.2) is 26.7 Å². The lowest BCUT2D eigenvalue weighted by Gasteiger charge is -2.10. The lowest BCUT2D eigenvalue weighted by molar-refractivity contribution is 0.154. The van der Waals surface area contributed by atoms with E-state index in [0.29, 0.717) is 5.56 Å². The number of carbonyl (C=O) groups excluding carboxylic acids is 1. The summed E-state index contributed by atoms with van der Waals surface area (Å²) in [6, 6.07) is 6.81. The van der Waals surface area contributed by atoms with Crippen molar-refractivity contribution in [3.63, 3.8) is 0 Å². The maximum Gasteiger partial charge on any atom is 0.412 e. The summed E-state index contributed by atoms with van der Waals surface area (Å²) in [4.78, 5) is 11.5. The van der Waals surface area contributed by atoms with Crippen LogP contribution in [-0.2, 0) is 11.3 Å². The predicted molar refractivity (Wildman–Crippen MR) is 71.2 cm³/mol. The fourth-order valence-electron chi connectivity index (χ4n) is 1.69. The number of anilines is 1. The Hall–Kier alpha value is -2.64. The quantitative estimate of drug-likeness (QED) is 0.513. The van der Waals surface area contributed by atoms with Crippen molar-refractivity contribution in [1.29, 1.82) is 0 Å². The molecule has 0 aromatic heterocycles. The van der Waals surface area contributed by atoms with Crippen LogP contribution in [0.1, 0.15) is 11.1 Å². The van der Waals surface area contributed by atoms with Crippen LogP contribution in [0.25, 0.3) is 0 Å². The van der Waals surface area contributed by atoms with Crippen LogP contribution < -0.4 is 5.32 Å². The molecule has 1 amide bonds. The first kappa shape index (κ1) is 16.7. The molecule has 8 heteroatoms. The molecule has 2 aromatic rings. The Morgan fingerprint density at radius 2 is 1.39 bits per heavy atom. The topological polar surface area (TPSA) is 38.3 Å². The number of rotatable bonds is 3. The molecule has 0 aliphatic carbocycles. The maximum absolute atomic E-state index is 13.4. The average Bonchev–Trinajstić information content (AvgIpc) is 2.54. The Balaban J connectivity index is 2.10. The molecule has 1 N–H and O–H groups in total. The van der Waals surface area contributed by atoms with E-state index < -0.39 is 40.9 Å². The zero-order valence-corrected chi connectivity index (χ0v) is 11.7.